The van der Waals surface area contributed by atoms with Crippen LogP contribution in [0.1, 0.15) is 14.3 Å². The van der Waals surface area contributed by atoms with Gasteiger partial charge in [0.2, 0.25) is 8.03 Å². The summed E-state index contributed by atoms with van der Waals surface area (Å²) in [6, 6.07) is 8.43. The van der Waals surface area contributed by atoms with E-state index in [-0.39, 0.29) is 13.8 Å². The van der Waals surface area contributed by atoms with E-state index >= 15 is 0 Å². The average molecular weight is 210 g/mol. The number of rotatable bonds is 2. The lowest BCUT2D eigenvalue weighted by atomic mass is 10.2. The minimum Gasteiger partial charge on any atom is -0.412 e. The van der Waals surface area contributed by atoms with E-state index in [0.717, 1.165) is 0 Å². The van der Waals surface area contributed by atoms with Gasteiger partial charge in [0.15, 0.2) is 5.85 Å². The molecule has 0 saturated heterocycles. The maximum absolute atomic E-state index is 10.4. The quantitative estimate of drug-likeness (QED) is 0.653. The lowest BCUT2D eigenvalue weighted by Crippen LogP contribution is -1.89. The molecule has 0 saturated carbocycles. The molecule has 1 rings (SSSR count). The molecule has 0 aliphatic carbocycles. The van der Waals surface area contributed by atoms with Gasteiger partial charge in [0.05, 0.1) is 0 Å². The zero-order valence-corrected chi connectivity index (χ0v) is 7.77. The Bertz CT molecular complexity index is 259. The van der Waals surface area contributed by atoms with Gasteiger partial charge >= 0.3 is 2.85 Å². The van der Waals surface area contributed by atoms with Crippen LogP contribution in [0, 0.1) is 0 Å². The maximum atomic E-state index is 10.4. The largest absolute Gasteiger partial charge is 1.00 e. The molecule has 0 spiro atoms. The molecule has 0 heterocycles. The average Bonchev–Trinajstić information content (AvgIpc) is 2.05. The smallest absolute Gasteiger partial charge is 0.412 e. The Morgan fingerprint density at radius 2 is 1.69 bits per heavy atom. The first-order valence-electron chi connectivity index (χ1n) is 3.17. The summed E-state index contributed by atoms with van der Waals surface area (Å²) in [5.74, 6) is -1.22. The third kappa shape index (κ3) is 4.17. The van der Waals surface area contributed by atoms with Crippen molar-refractivity contribution < 1.29 is 28.4 Å². The predicted octanol–water partition coefficient (Wildman–Crippen LogP) is -0.280. The van der Waals surface area contributed by atoms with Gasteiger partial charge < -0.3 is 21.0 Å². The van der Waals surface area contributed by atoms with Crippen molar-refractivity contribution in [3.8, 4) is 0 Å². The van der Waals surface area contributed by atoms with Gasteiger partial charge in [0.25, 0.3) is 0 Å². The topological polar surface area (TPSA) is 121 Å². The van der Waals surface area contributed by atoms with Crippen molar-refractivity contribution >= 4 is 8.03 Å². The molecule has 1 aromatic rings. The highest BCUT2D eigenvalue weighted by atomic mass is 31.1. The molecule has 0 aliphatic rings. The van der Waals surface area contributed by atoms with Crippen LogP contribution in [0.3, 0.4) is 0 Å². The maximum Gasteiger partial charge on any atom is 1.00 e. The molecule has 0 aromatic heterocycles. The van der Waals surface area contributed by atoms with Crippen LogP contribution >= 0.6 is 8.03 Å². The molecular formula is C7H15O5P+2. The number of hydrogen-bond donors (Lipinski definition) is 2. The molecule has 0 bridgehead atoms. The van der Waals surface area contributed by atoms with Crippen LogP contribution in [0.25, 0.3) is 0 Å². The molecule has 2 atom stereocenters. The van der Waals surface area contributed by atoms with Crippen LogP contribution in [0.5, 0.6) is 0 Å². The van der Waals surface area contributed by atoms with Gasteiger partial charge in [-0.15, -0.1) is 0 Å². The van der Waals surface area contributed by atoms with E-state index in [2.05, 4.69) is 0 Å². The molecule has 6 heteroatoms. The Morgan fingerprint density at radius 3 is 2.08 bits per heavy atom. The third-order valence-electron chi connectivity index (χ3n) is 1.35. The molecule has 0 radical (unpaired) electrons. The van der Waals surface area contributed by atoms with E-state index in [1.165, 1.54) is 0 Å². The summed E-state index contributed by atoms with van der Waals surface area (Å²) in [6.45, 7) is 0. The zero-order chi connectivity index (χ0) is 8.27. The second-order valence-corrected chi connectivity index (χ2v) is 3.37. The second kappa shape index (κ2) is 6.77. The Morgan fingerprint density at radius 1 is 1.23 bits per heavy atom. The molecule has 76 valence electrons. The number of hydrogen-bond acceptors (Lipinski definition) is 2. The normalized spacial score (nSPS) is 13.4. The molecule has 6 N–H and O–H groups in total. The monoisotopic (exact) mass is 210 g/mol. The van der Waals surface area contributed by atoms with Gasteiger partial charge in [0, 0.05) is 0 Å². The van der Waals surface area contributed by atoms with Crippen molar-refractivity contribution in [2.45, 2.75) is 5.85 Å². The summed E-state index contributed by atoms with van der Waals surface area (Å²) >= 11 is 0. The minimum absolute atomic E-state index is 0. The molecule has 5 nitrogen and oxygen atoms in total. The summed E-state index contributed by atoms with van der Waals surface area (Å²) in [4.78, 5) is 8.57. The Kier molecular flexibility index (Phi) is 7.70. The second-order valence-electron chi connectivity index (χ2n) is 2.15. The highest BCUT2D eigenvalue weighted by Crippen LogP contribution is 2.34. The minimum atomic E-state index is -2.86. The first kappa shape index (κ1) is 14.8. The molecule has 0 aliphatic heterocycles. The Balaban J connectivity index is -0.000000151. The van der Waals surface area contributed by atoms with E-state index in [4.69, 9.17) is 10.00 Å². The molecule has 0 amide bonds. The van der Waals surface area contributed by atoms with Crippen LogP contribution in [-0.2, 0) is 4.57 Å². The number of aliphatic hydroxyl groups excluding tert-OH is 1. The lowest BCUT2D eigenvalue weighted by Gasteiger charge is -2.04. The molecule has 13 heavy (non-hydrogen) atoms. The lowest BCUT2D eigenvalue weighted by molar-refractivity contribution is 0.243. The molecule has 0 fully saturated rings. The first-order chi connectivity index (χ1) is 5.22. The zero-order valence-electron chi connectivity index (χ0n) is 8.77. The van der Waals surface area contributed by atoms with Crippen molar-refractivity contribution in [3.05, 3.63) is 35.9 Å². The van der Waals surface area contributed by atoms with Gasteiger partial charge in [-0.05, 0) is 5.56 Å². The summed E-state index contributed by atoms with van der Waals surface area (Å²) < 4.78 is 10.4. The SMILES string of the molecule is O.O.O=[PH](O)C(O)c1ccccc1.[H+].[H+]. The van der Waals surface area contributed by atoms with Crippen LogP contribution in [-0.4, -0.2) is 21.0 Å². The summed E-state index contributed by atoms with van der Waals surface area (Å²) in [6.07, 6.45) is 0. The third-order valence-corrected chi connectivity index (χ3v) is 2.15. The standard InChI is InChI=1S/C7H9O3P.2H2O/c8-7(11(9)10)6-4-2-1-3-5-6;;/h1-5,7-8,11H,(H,9,10);2*1H2/p+2. The molecule has 1 aromatic carbocycles. The van der Waals surface area contributed by atoms with Crippen molar-refractivity contribution in [1.29, 1.82) is 0 Å². The molecular weight excluding hydrogens is 195 g/mol. The molecule has 2 unspecified atom stereocenters. The summed E-state index contributed by atoms with van der Waals surface area (Å²) in [5.41, 5.74) is 0.485. The summed E-state index contributed by atoms with van der Waals surface area (Å²) in [7, 11) is -2.86. The first-order valence-corrected chi connectivity index (χ1v) is 4.61. The Hall–Kier alpha value is -0.710. The van der Waals surface area contributed by atoms with Crippen molar-refractivity contribution in [2.75, 3.05) is 0 Å². The Labute approximate surface area is 79.1 Å². The fourth-order valence-corrected chi connectivity index (χ4v) is 1.26. The van der Waals surface area contributed by atoms with Gasteiger partial charge in [-0.25, -0.2) is 0 Å². The van der Waals surface area contributed by atoms with E-state index in [0.29, 0.717) is 5.56 Å². The van der Waals surface area contributed by atoms with E-state index < -0.39 is 13.9 Å². The van der Waals surface area contributed by atoms with E-state index in [9.17, 15) is 4.57 Å². The predicted molar refractivity (Wildman–Crippen MR) is 52.1 cm³/mol. The fraction of sp³-hybridized carbons (Fsp3) is 0.143. The van der Waals surface area contributed by atoms with Gasteiger partial charge in [-0.3, -0.25) is 4.57 Å². The van der Waals surface area contributed by atoms with E-state index in [1.54, 1.807) is 30.3 Å². The highest BCUT2D eigenvalue weighted by molar-refractivity contribution is 7.38. The number of benzene rings is 1. The van der Waals surface area contributed by atoms with E-state index in [1.807, 2.05) is 0 Å². The van der Waals surface area contributed by atoms with Crippen LogP contribution in [0.15, 0.2) is 30.3 Å². The van der Waals surface area contributed by atoms with Crippen molar-refractivity contribution in [2.24, 2.45) is 0 Å². The highest BCUT2D eigenvalue weighted by Gasteiger charge is 2.10. The van der Waals surface area contributed by atoms with Gasteiger partial charge in [0.1, 0.15) is 0 Å². The van der Waals surface area contributed by atoms with Crippen LogP contribution < -0.4 is 0 Å². The van der Waals surface area contributed by atoms with Crippen LogP contribution in [0.2, 0.25) is 0 Å². The van der Waals surface area contributed by atoms with Gasteiger partial charge in [-0.2, -0.15) is 0 Å². The number of aliphatic hydroxyl groups is 1. The van der Waals surface area contributed by atoms with Gasteiger partial charge in [-0.1, -0.05) is 30.3 Å². The summed E-state index contributed by atoms with van der Waals surface area (Å²) in [5, 5.41) is 9.08. The van der Waals surface area contributed by atoms with Crippen molar-refractivity contribution in [1.82, 2.24) is 0 Å². The van der Waals surface area contributed by atoms with Crippen LogP contribution in [0.4, 0.5) is 0 Å². The van der Waals surface area contributed by atoms with Crippen molar-refractivity contribution in [3.63, 3.8) is 0 Å². The fourth-order valence-electron chi connectivity index (χ4n) is 0.778.